The summed E-state index contributed by atoms with van der Waals surface area (Å²) in [6.45, 7) is 1.10. The number of amides is 2. The third-order valence-electron chi connectivity index (χ3n) is 4.28. The highest BCUT2D eigenvalue weighted by Gasteiger charge is 2.17. The maximum atomic E-state index is 13.1. The fourth-order valence-corrected chi connectivity index (χ4v) is 4.71. The highest BCUT2D eigenvalue weighted by atomic mass is 32.2. The minimum Gasteiger partial charge on any atom is -0.321 e. The summed E-state index contributed by atoms with van der Waals surface area (Å²) < 4.78 is 40.6. The molecule has 0 spiro atoms. The van der Waals surface area contributed by atoms with Gasteiger partial charge in [0, 0.05) is 29.8 Å². The first-order valence-electron chi connectivity index (χ1n) is 8.90. The van der Waals surface area contributed by atoms with E-state index in [1.54, 1.807) is 28.1 Å². The summed E-state index contributed by atoms with van der Waals surface area (Å²) in [5.74, 6) is -1.45. The van der Waals surface area contributed by atoms with Crippen LogP contribution in [0.5, 0.6) is 0 Å². The van der Waals surface area contributed by atoms with Crippen LogP contribution in [-0.4, -0.2) is 29.6 Å². The van der Waals surface area contributed by atoms with Crippen LogP contribution in [0.3, 0.4) is 0 Å². The van der Waals surface area contributed by atoms with Crippen LogP contribution < -0.4 is 10.0 Å². The number of nitrogens with zero attached hydrogens (tertiary/aromatic N) is 2. The van der Waals surface area contributed by atoms with Gasteiger partial charge in [0.15, 0.2) is 4.96 Å². The largest absolute Gasteiger partial charge is 0.321 e. The van der Waals surface area contributed by atoms with Crippen LogP contribution in [0.2, 0.25) is 0 Å². The molecule has 4 aromatic rings. The Labute approximate surface area is 180 Å². The van der Waals surface area contributed by atoms with E-state index in [-0.39, 0.29) is 10.7 Å². The van der Waals surface area contributed by atoms with Crippen molar-refractivity contribution in [3.63, 3.8) is 0 Å². The van der Waals surface area contributed by atoms with Gasteiger partial charge in [0.2, 0.25) is 5.91 Å². The molecule has 0 aliphatic carbocycles. The summed E-state index contributed by atoms with van der Waals surface area (Å²) in [6, 6.07) is 11.3. The quantitative estimate of drug-likeness (QED) is 0.477. The van der Waals surface area contributed by atoms with Gasteiger partial charge in [-0.2, -0.15) is 0 Å². The molecule has 0 saturated carbocycles. The summed E-state index contributed by atoms with van der Waals surface area (Å²) in [5, 5.41) is 4.35. The van der Waals surface area contributed by atoms with Crippen molar-refractivity contribution in [1.29, 1.82) is 0 Å². The SMILES string of the molecule is CC(=O)NS(=O)(=O)c1ccc(NC(=O)c2csc3nc(-c4ccc(F)cc4)cn23)cc1. The number of carbonyl (C=O) groups is 2. The van der Waals surface area contributed by atoms with Crippen LogP contribution in [0.4, 0.5) is 10.1 Å². The van der Waals surface area contributed by atoms with Crippen molar-refractivity contribution in [2.75, 3.05) is 5.32 Å². The van der Waals surface area contributed by atoms with Gasteiger partial charge in [0.1, 0.15) is 11.5 Å². The Balaban J connectivity index is 1.55. The second-order valence-corrected chi connectivity index (χ2v) is 9.07. The number of hydrogen-bond acceptors (Lipinski definition) is 6. The average molecular weight is 458 g/mol. The van der Waals surface area contributed by atoms with E-state index in [1.165, 1.54) is 47.7 Å². The van der Waals surface area contributed by atoms with Crippen LogP contribution in [0.15, 0.2) is 65.0 Å². The fraction of sp³-hybridized carbons (Fsp3) is 0.0500. The Morgan fingerprint density at radius 1 is 1.06 bits per heavy atom. The minimum atomic E-state index is -3.95. The molecule has 0 fully saturated rings. The van der Waals surface area contributed by atoms with Crippen LogP contribution in [0, 0.1) is 5.82 Å². The second-order valence-electron chi connectivity index (χ2n) is 6.55. The highest BCUT2D eigenvalue weighted by molar-refractivity contribution is 7.90. The normalized spacial score (nSPS) is 11.4. The summed E-state index contributed by atoms with van der Waals surface area (Å²) in [7, 11) is -3.95. The molecule has 0 aliphatic rings. The number of thiazole rings is 1. The van der Waals surface area contributed by atoms with Gasteiger partial charge in [-0.15, -0.1) is 11.3 Å². The molecular formula is C20H15FN4O4S2. The van der Waals surface area contributed by atoms with Crippen molar-refractivity contribution >= 4 is 43.8 Å². The number of sulfonamides is 1. The molecule has 11 heteroatoms. The molecule has 158 valence electrons. The first-order chi connectivity index (χ1) is 14.7. The Hall–Kier alpha value is -3.57. The van der Waals surface area contributed by atoms with E-state index >= 15 is 0 Å². The monoisotopic (exact) mass is 458 g/mol. The van der Waals surface area contributed by atoms with Crippen molar-refractivity contribution in [2.45, 2.75) is 11.8 Å². The Bertz CT molecular complexity index is 1390. The number of fused-ring (bicyclic) bond motifs is 1. The van der Waals surface area contributed by atoms with Crippen LogP contribution in [0.1, 0.15) is 17.4 Å². The number of carbonyl (C=O) groups excluding carboxylic acids is 2. The van der Waals surface area contributed by atoms with Crippen LogP contribution in [-0.2, 0) is 14.8 Å². The molecule has 0 saturated heterocycles. The molecule has 0 radical (unpaired) electrons. The molecule has 4 rings (SSSR count). The number of rotatable bonds is 5. The third-order valence-corrected chi connectivity index (χ3v) is 6.57. The number of halogens is 1. The van der Waals surface area contributed by atoms with Gasteiger partial charge in [-0.25, -0.2) is 22.5 Å². The maximum Gasteiger partial charge on any atom is 0.273 e. The summed E-state index contributed by atoms with van der Waals surface area (Å²) >= 11 is 1.28. The lowest BCUT2D eigenvalue weighted by molar-refractivity contribution is -0.117. The van der Waals surface area contributed by atoms with E-state index in [4.69, 9.17) is 0 Å². The van der Waals surface area contributed by atoms with Gasteiger partial charge >= 0.3 is 0 Å². The zero-order valence-electron chi connectivity index (χ0n) is 16.0. The van der Waals surface area contributed by atoms with Gasteiger partial charge < -0.3 is 5.32 Å². The number of hydrogen-bond donors (Lipinski definition) is 2. The number of imidazole rings is 1. The second kappa shape index (κ2) is 7.93. The highest BCUT2D eigenvalue weighted by Crippen LogP contribution is 2.24. The first kappa shape index (κ1) is 20.7. The summed E-state index contributed by atoms with van der Waals surface area (Å²) in [5.41, 5.74) is 2.05. The molecule has 2 aromatic carbocycles. The lowest BCUT2D eigenvalue weighted by atomic mass is 10.2. The Morgan fingerprint density at radius 2 is 1.74 bits per heavy atom. The van der Waals surface area contributed by atoms with Gasteiger partial charge in [-0.3, -0.25) is 14.0 Å². The zero-order valence-corrected chi connectivity index (χ0v) is 17.6. The first-order valence-corrected chi connectivity index (χ1v) is 11.3. The van der Waals surface area contributed by atoms with Gasteiger partial charge in [0.05, 0.1) is 10.6 Å². The number of nitrogens with one attached hydrogen (secondary N) is 2. The minimum absolute atomic E-state index is 0.0998. The van der Waals surface area contributed by atoms with Crippen molar-refractivity contribution in [3.05, 3.63) is 71.6 Å². The van der Waals surface area contributed by atoms with E-state index in [1.807, 2.05) is 4.72 Å². The van der Waals surface area contributed by atoms with Crippen LogP contribution >= 0.6 is 11.3 Å². The molecule has 0 atom stereocenters. The van der Waals surface area contributed by atoms with E-state index in [0.717, 1.165) is 12.5 Å². The number of aromatic nitrogens is 2. The molecule has 2 heterocycles. The lowest BCUT2D eigenvalue weighted by Gasteiger charge is -2.07. The molecule has 31 heavy (non-hydrogen) atoms. The van der Waals surface area contributed by atoms with Gasteiger partial charge in [-0.05, 0) is 48.5 Å². The number of benzene rings is 2. The summed E-state index contributed by atoms with van der Waals surface area (Å²) in [4.78, 5) is 28.7. The molecule has 8 nitrogen and oxygen atoms in total. The van der Waals surface area contributed by atoms with Crippen molar-refractivity contribution in [1.82, 2.24) is 14.1 Å². The van der Waals surface area contributed by atoms with E-state index in [2.05, 4.69) is 10.3 Å². The van der Waals surface area contributed by atoms with Crippen molar-refractivity contribution in [2.24, 2.45) is 0 Å². The molecule has 2 N–H and O–H groups in total. The predicted molar refractivity (Wildman–Crippen MR) is 114 cm³/mol. The lowest BCUT2D eigenvalue weighted by Crippen LogP contribution is -2.28. The van der Waals surface area contributed by atoms with E-state index in [9.17, 15) is 22.4 Å². The third kappa shape index (κ3) is 4.32. The molecule has 2 aromatic heterocycles. The smallest absolute Gasteiger partial charge is 0.273 e. The molecule has 0 bridgehead atoms. The average Bonchev–Trinajstić information content (AvgIpc) is 3.29. The van der Waals surface area contributed by atoms with Crippen molar-refractivity contribution < 1.29 is 22.4 Å². The Morgan fingerprint density at radius 3 is 2.39 bits per heavy atom. The topological polar surface area (TPSA) is 110 Å². The van der Waals surface area contributed by atoms with Crippen molar-refractivity contribution in [3.8, 4) is 11.3 Å². The predicted octanol–water partition coefficient (Wildman–Crippen LogP) is 3.28. The zero-order chi connectivity index (χ0) is 22.2. The van der Waals surface area contributed by atoms with Gasteiger partial charge in [0.25, 0.3) is 15.9 Å². The molecular weight excluding hydrogens is 443 g/mol. The summed E-state index contributed by atoms with van der Waals surface area (Å²) in [6.07, 6.45) is 1.69. The molecule has 2 amide bonds. The Kier molecular flexibility index (Phi) is 5.29. The van der Waals surface area contributed by atoms with Crippen LogP contribution in [0.25, 0.3) is 16.2 Å². The number of anilines is 1. The van der Waals surface area contributed by atoms with Gasteiger partial charge in [-0.1, -0.05) is 0 Å². The van der Waals surface area contributed by atoms with E-state index < -0.39 is 21.8 Å². The standard InChI is InChI=1S/C20H15FN4O4S2/c1-12(26)24-31(28,29)16-8-6-15(7-9-16)22-19(27)18-11-30-20-23-17(10-25(18)20)13-2-4-14(21)5-3-13/h2-11H,1H3,(H,22,27)(H,24,26). The fourth-order valence-electron chi connectivity index (χ4n) is 2.87. The molecule has 0 aliphatic heterocycles. The molecule has 0 unspecified atom stereocenters. The maximum absolute atomic E-state index is 13.1. The van der Waals surface area contributed by atoms with E-state index in [0.29, 0.717) is 22.0 Å².